The molecule has 0 atom stereocenters. The molecular formula is C33H36F6N4O4. The number of rotatable bonds is 9. The molecule has 0 radical (unpaired) electrons. The van der Waals surface area contributed by atoms with Gasteiger partial charge in [-0.15, -0.1) is 13.2 Å². The van der Waals surface area contributed by atoms with Crippen LogP contribution in [-0.4, -0.2) is 51.9 Å². The van der Waals surface area contributed by atoms with Crippen molar-refractivity contribution in [2.75, 3.05) is 13.1 Å². The Morgan fingerprint density at radius 1 is 0.936 bits per heavy atom. The Kier molecular flexibility index (Phi) is 10.7. The summed E-state index contributed by atoms with van der Waals surface area (Å²) in [5.41, 5.74) is 5.05. The molecular weight excluding hydrogens is 630 g/mol. The molecule has 1 aliphatic heterocycles. The highest BCUT2D eigenvalue weighted by Crippen LogP contribution is 2.36. The molecule has 0 bridgehead atoms. The molecule has 3 aromatic rings. The first kappa shape index (κ1) is 35.5. The van der Waals surface area contributed by atoms with E-state index in [4.69, 9.17) is 10.5 Å². The lowest BCUT2D eigenvalue weighted by Crippen LogP contribution is -2.41. The molecule has 0 aliphatic carbocycles. The average molecular weight is 667 g/mol. The number of benzene rings is 2. The fourth-order valence-electron chi connectivity index (χ4n) is 5.47. The minimum absolute atomic E-state index is 0.0368. The molecule has 254 valence electrons. The van der Waals surface area contributed by atoms with Gasteiger partial charge < -0.3 is 20.1 Å². The molecule has 2 heterocycles. The average Bonchev–Trinajstić information content (AvgIpc) is 2.95. The first-order valence-corrected chi connectivity index (χ1v) is 15.0. The second kappa shape index (κ2) is 14.2. The summed E-state index contributed by atoms with van der Waals surface area (Å²) in [5, 5.41) is 0. The van der Waals surface area contributed by atoms with Crippen molar-refractivity contribution < 1.29 is 45.4 Å². The highest BCUT2D eigenvalue weighted by molar-refractivity contribution is 5.77. The van der Waals surface area contributed by atoms with Gasteiger partial charge in [0.25, 0.3) is 0 Å². The van der Waals surface area contributed by atoms with Crippen molar-refractivity contribution in [2.45, 2.75) is 83.4 Å². The number of piperidine rings is 1. The number of ether oxygens (including phenoxy) is 2. The van der Waals surface area contributed by atoms with E-state index >= 15 is 0 Å². The lowest BCUT2D eigenvalue weighted by atomic mass is 9.88. The number of alkyl halides is 6. The second-order valence-corrected chi connectivity index (χ2v) is 12.4. The van der Waals surface area contributed by atoms with Gasteiger partial charge in [0.2, 0.25) is 5.91 Å². The number of primary amides is 1. The van der Waals surface area contributed by atoms with Crippen LogP contribution in [0.3, 0.4) is 0 Å². The van der Waals surface area contributed by atoms with E-state index in [1.165, 1.54) is 12.1 Å². The molecule has 1 aromatic heterocycles. The maximum Gasteiger partial charge on any atom is 0.573 e. The Hall–Kier alpha value is -4.36. The molecule has 1 fully saturated rings. The van der Waals surface area contributed by atoms with Crippen molar-refractivity contribution in [1.29, 1.82) is 0 Å². The summed E-state index contributed by atoms with van der Waals surface area (Å²) in [6.07, 6.45) is -9.15. The predicted octanol–water partition coefficient (Wildman–Crippen LogP) is 6.91. The summed E-state index contributed by atoms with van der Waals surface area (Å²) >= 11 is 0. The standard InChI is InChI=1S/C33H36F6N4O4/c1-31(2,3)47-30(45)43-14-12-21(13-15-43)23-8-9-24(27(16-23)46-33(37,38)39)18-29-41-19-25(32(34,35)36)26(42-29)11-10-20-6-4-5-7-22(20)17-28(40)44/h4-9,16,19,21H,10-15,17-18H2,1-3H3,(H2,40,44). The minimum Gasteiger partial charge on any atom is -0.444 e. The predicted molar refractivity (Wildman–Crippen MR) is 159 cm³/mol. The van der Waals surface area contributed by atoms with Crippen LogP contribution in [0, 0.1) is 0 Å². The molecule has 0 unspecified atom stereocenters. The number of nitrogens with two attached hydrogens (primary N) is 1. The molecule has 8 nitrogen and oxygen atoms in total. The Bertz CT molecular complexity index is 1580. The van der Waals surface area contributed by atoms with E-state index in [2.05, 4.69) is 14.7 Å². The van der Waals surface area contributed by atoms with E-state index in [0.717, 1.165) is 0 Å². The van der Waals surface area contributed by atoms with Crippen LogP contribution < -0.4 is 10.5 Å². The van der Waals surface area contributed by atoms with Gasteiger partial charge in [-0.3, -0.25) is 4.79 Å². The van der Waals surface area contributed by atoms with Crippen LogP contribution in [-0.2, 0) is 41.4 Å². The number of amides is 2. The Morgan fingerprint density at radius 3 is 2.19 bits per heavy atom. The lowest BCUT2D eigenvalue weighted by Gasteiger charge is -2.33. The summed E-state index contributed by atoms with van der Waals surface area (Å²) in [4.78, 5) is 33.4. The second-order valence-electron chi connectivity index (χ2n) is 12.4. The van der Waals surface area contributed by atoms with Crippen LogP contribution >= 0.6 is 0 Å². The molecule has 2 amide bonds. The molecule has 47 heavy (non-hydrogen) atoms. The largest absolute Gasteiger partial charge is 0.573 e. The number of likely N-dealkylation sites (tertiary alicyclic amines) is 1. The van der Waals surface area contributed by atoms with E-state index in [9.17, 15) is 35.9 Å². The number of aromatic nitrogens is 2. The van der Waals surface area contributed by atoms with Crippen LogP contribution in [0.25, 0.3) is 0 Å². The molecule has 14 heteroatoms. The maximum atomic E-state index is 13.9. The van der Waals surface area contributed by atoms with Crippen molar-refractivity contribution in [3.8, 4) is 5.75 Å². The Morgan fingerprint density at radius 2 is 1.60 bits per heavy atom. The van der Waals surface area contributed by atoms with Crippen molar-refractivity contribution in [2.24, 2.45) is 5.73 Å². The third-order valence-corrected chi connectivity index (χ3v) is 7.62. The summed E-state index contributed by atoms with van der Waals surface area (Å²) in [7, 11) is 0. The Balaban J connectivity index is 1.56. The third-order valence-electron chi connectivity index (χ3n) is 7.62. The normalized spacial score (nSPS) is 14.6. The van der Waals surface area contributed by atoms with Gasteiger partial charge in [-0.1, -0.05) is 36.4 Å². The van der Waals surface area contributed by atoms with E-state index in [1.54, 1.807) is 56.0 Å². The van der Waals surface area contributed by atoms with Gasteiger partial charge in [0, 0.05) is 31.3 Å². The van der Waals surface area contributed by atoms with Gasteiger partial charge >= 0.3 is 18.6 Å². The number of hydrogen-bond donors (Lipinski definition) is 1. The SMILES string of the molecule is CC(C)(C)OC(=O)N1CCC(c2ccc(Cc3ncc(C(F)(F)F)c(CCc4ccccc4CC(N)=O)n3)c(OC(F)(F)F)c2)CC1. The van der Waals surface area contributed by atoms with Gasteiger partial charge in [0.1, 0.15) is 17.2 Å². The zero-order chi connectivity index (χ0) is 34.6. The van der Waals surface area contributed by atoms with Crippen molar-refractivity contribution >= 4 is 12.0 Å². The smallest absolute Gasteiger partial charge is 0.444 e. The zero-order valence-electron chi connectivity index (χ0n) is 26.2. The molecule has 0 saturated carbocycles. The zero-order valence-corrected chi connectivity index (χ0v) is 26.2. The van der Waals surface area contributed by atoms with E-state index in [1.807, 2.05) is 0 Å². The van der Waals surface area contributed by atoms with Crippen LogP contribution in [0.4, 0.5) is 31.1 Å². The van der Waals surface area contributed by atoms with Crippen molar-refractivity contribution in [3.63, 3.8) is 0 Å². The summed E-state index contributed by atoms with van der Waals surface area (Å²) in [5.74, 6) is -1.38. The number of carbonyl (C=O) groups is 2. The van der Waals surface area contributed by atoms with E-state index in [0.29, 0.717) is 48.8 Å². The van der Waals surface area contributed by atoms with Gasteiger partial charge in [-0.25, -0.2) is 14.8 Å². The number of nitrogens with zero attached hydrogens (tertiary/aromatic N) is 3. The fourth-order valence-corrected chi connectivity index (χ4v) is 5.47. The van der Waals surface area contributed by atoms with Crippen LogP contribution in [0.1, 0.15) is 78.9 Å². The van der Waals surface area contributed by atoms with E-state index < -0.39 is 41.5 Å². The molecule has 2 N–H and O–H groups in total. The first-order chi connectivity index (χ1) is 21.9. The minimum atomic E-state index is -5.03. The summed E-state index contributed by atoms with van der Waals surface area (Å²) < 4.78 is 91.8. The molecule has 0 spiro atoms. The summed E-state index contributed by atoms with van der Waals surface area (Å²) in [6.45, 7) is 5.97. The van der Waals surface area contributed by atoms with Crippen LogP contribution in [0.15, 0.2) is 48.7 Å². The van der Waals surface area contributed by atoms with Crippen LogP contribution in [0.5, 0.6) is 5.75 Å². The van der Waals surface area contributed by atoms with Gasteiger partial charge in [-0.2, -0.15) is 13.2 Å². The highest BCUT2D eigenvalue weighted by Gasteiger charge is 2.36. The first-order valence-electron chi connectivity index (χ1n) is 15.0. The topological polar surface area (TPSA) is 108 Å². The van der Waals surface area contributed by atoms with Crippen molar-refractivity contribution in [3.05, 3.63) is 88.0 Å². The lowest BCUT2D eigenvalue weighted by molar-refractivity contribution is -0.274. The number of hydrogen-bond acceptors (Lipinski definition) is 6. The monoisotopic (exact) mass is 666 g/mol. The molecule has 2 aromatic carbocycles. The molecule has 1 saturated heterocycles. The number of halogens is 6. The summed E-state index contributed by atoms with van der Waals surface area (Å²) in [6, 6.07) is 11.1. The van der Waals surface area contributed by atoms with Crippen molar-refractivity contribution in [1.82, 2.24) is 14.9 Å². The molecule has 1 aliphatic rings. The van der Waals surface area contributed by atoms with Gasteiger partial charge in [0.05, 0.1) is 17.7 Å². The van der Waals surface area contributed by atoms with Gasteiger partial charge in [-0.05, 0) is 75.1 Å². The third kappa shape index (κ3) is 10.3. The molecule has 4 rings (SSSR count). The number of aryl methyl sites for hydroxylation is 2. The van der Waals surface area contributed by atoms with Crippen LogP contribution in [0.2, 0.25) is 0 Å². The highest BCUT2D eigenvalue weighted by atomic mass is 19.4. The van der Waals surface area contributed by atoms with Gasteiger partial charge in [0.15, 0.2) is 0 Å². The van der Waals surface area contributed by atoms with E-state index in [-0.39, 0.29) is 48.7 Å². The fraction of sp³-hybridized carbons (Fsp3) is 0.455. The quantitative estimate of drug-likeness (QED) is 0.249. The number of carbonyl (C=O) groups excluding carboxylic acids is 2. The Labute approximate surface area is 268 Å². The maximum absolute atomic E-state index is 13.9.